The first-order valence-corrected chi connectivity index (χ1v) is 6.35. The second-order valence-electron chi connectivity index (χ2n) is 3.24. The molecule has 0 amide bonds. The third-order valence-corrected chi connectivity index (χ3v) is 4.30. The minimum absolute atomic E-state index is 0.353. The third kappa shape index (κ3) is 3.48. The van der Waals surface area contributed by atoms with E-state index in [-0.39, 0.29) is 6.10 Å². The number of aliphatic imine (C=N–C) groups is 1. The molecule has 13 heavy (non-hydrogen) atoms. The van der Waals surface area contributed by atoms with Crippen molar-refractivity contribution in [2.24, 2.45) is 4.99 Å². The molecule has 2 N–H and O–H groups in total. The van der Waals surface area contributed by atoms with Crippen LogP contribution in [-0.4, -0.2) is 39.5 Å². The summed E-state index contributed by atoms with van der Waals surface area (Å²) in [7, 11) is 0. The SMILES string of the molecule is CC(O)CN=C1NC(C)C(CBr)S1. The smallest absolute Gasteiger partial charge is 0.157 e. The zero-order chi connectivity index (χ0) is 9.84. The van der Waals surface area contributed by atoms with Crippen molar-refractivity contribution in [1.82, 2.24) is 5.32 Å². The van der Waals surface area contributed by atoms with Crippen LogP contribution in [0.2, 0.25) is 0 Å². The maximum absolute atomic E-state index is 9.05. The molecular weight excluding hydrogens is 252 g/mol. The fourth-order valence-electron chi connectivity index (χ4n) is 1.03. The van der Waals surface area contributed by atoms with E-state index >= 15 is 0 Å². The van der Waals surface area contributed by atoms with E-state index in [1.807, 2.05) is 0 Å². The van der Waals surface area contributed by atoms with E-state index in [1.54, 1.807) is 18.7 Å². The number of aliphatic hydroxyl groups excluding tert-OH is 1. The number of halogens is 1. The summed E-state index contributed by atoms with van der Waals surface area (Å²) < 4.78 is 0. The fourth-order valence-corrected chi connectivity index (χ4v) is 3.01. The van der Waals surface area contributed by atoms with Gasteiger partial charge in [0.15, 0.2) is 5.17 Å². The summed E-state index contributed by atoms with van der Waals surface area (Å²) >= 11 is 5.20. The van der Waals surface area contributed by atoms with E-state index < -0.39 is 0 Å². The Morgan fingerprint density at radius 3 is 2.92 bits per heavy atom. The van der Waals surface area contributed by atoms with Gasteiger partial charge in [0.25, 0.3) is 0 Å². The molecule has 0 spiro atoms. The molecule has 0 radical (unpaired) electrons. The lowest BCUT2D eigenvalue weighted by molar-refractivity contribution is 0.204. The highest BCUT2D eigenvalue weighted by Gasteiger charge is 2.27. The van der Waals surface area contributed by atoms with Gasteiger partial charge < -0.3 is 10.4 Å². The van der Waals surface area contributed by atoms with Crippen LogP contribution in [0.4, 0.5) is 0 Å². The predicted molar refractivity (Wildman–Crippen MR) is 61.8 cm³/mol. The predicted octanol–water partition coefficient (Wildman–Crippen LogP) is 1.21. The first kappa shape index (κ1) is 11.3. The minimum Gasteiger partial charge on any atom is -0.391 e. The van der Waals surface area contributed by atoms with Crippen LogP contribution in [0.15, 0.2) is 4.99 Å². The van der Waals surface area contributed by atoms with E-state index in [0.29, 0.717) is 17.8 Å². The van der Waals surface area contributed by atoms with Crippen LogP contribution in [-0.2, 0) is 0 Å². The lowest BCUT2D eigenvalue weighted by atomic mass is 10.3. The summed E-state index contributed by atoms with van der Waals surface area (Å²) in [5, 5.41) is 14.8. The third-order valence-electron chi connectivity index (χ3n) is 1.82. The average molecular weight is 267 g/mol. The number of nitrogens with zero attached hydrogens (tertiary/aromatic N) is 1. The quantitative estimate of drug-likeness (QED) is 0.755. The van der Waals surface area contributed by atoms with Crippen molar-refractivity contribution in [2.45, 2.75) is 31.2 Å². The molecule has 1 fully saturated rings. The van der Waals surface area contributed by atoms with Crippen LogP contribution < -0.4 is 5.32 Å². The molecule has 0 bridgehead atoms. The fraction of sp³-hybridized carbons (Fsp3) is 0.875. The molecule has 1 heterocycles. The maximum Gasteiger partial charge on any atom is 0.157 e. The lowest BCUT2D eigenvalue weighted by Crippen LogP contribution is -2.29. The molecule has 0 aromatic carbocycles. The molecule has 1 aliphatic heterocycles. The van der Waals surface area contributed by atoms with Crippen LogP contribution in [0, 0.1) is 0 Å². The normalized spacial score (nSPS) is 33.4. The molecule has 1 rings (SSSR count). The Balaban J connectivity index is 2.43. The second-order valence-corrected chi connectivity index (χ2v) is 5.11. The van der Waals surface area contributed by atoms with Crippen molar-refractivity contribution in [3.8, 4) is 0 Å². The monoisotopic (exact) mass is 266 g/mol. The Kier molecular flexibility index (Phi) is 4.55. The minimum atomic E-state index is -0.353. The molecule has 3 nitrogen and oxygen atoms in total. The standard InChI is InChI=1S/C8H15BrN2OS/c1-5(12)4-10-8-11-6(2)7(3-9)13-8/h5-7,12H,3-4H2,1-2H3,(H,10,11). The van der Waals surface area contributed by atoms with Crippen LogP contribution in [0.1, 0.15) is 13.8 Å². The number of alkyl halides is 1. The maximum atomic E-state index is 9.05. The molecule has 1 saturated heterocycles. The van der Waals surface area contributed by atoms with Crippen molar-refractivity contribution in [2.75, 3.05) is 11.9 Å². The summed E-state index contributed by atoms with van der Waals surface area (Å²) in [5.74, 6) is 0. The number of hydrogen-bond acceptors (Lipinski definition) is 3. The van der Waals surface area contributed by atoms with Gasteiger partial charge in [-0.15, -0.1) is 0 Å². The largest absolute Gasteiger partial charge is 0.391 e. The summed E-state index contributed by atoms with van der Waals surface area (Å²) in [6.07, 6.45) is -0.353. The number of amidine groups is 1. The van der Waals surface area contributed by atoms with Crippen LogP contribution in [0.25, 0.3) is 0 Å². The molecule has 5 heteroatoms. The lowest BCUT2D eigenvalue weighted by Gasteiger charge is -2.07. The van der Waals surface area contributed by atoms with Crippen LogP contribution in [0.5, 0.6) is 0 Å². The Morgan fingerprint density at radius 2 is 2.46 bits per heavy atom. The molecular formula is C8H15BrN2OS. The molecule has 3 unspecified atom stereocenters. The van der Waals surface area contributed by atoms with Gasteiger partial charge in [-0.05, 0) is 13.8 Å². The number of thioether (sulfide) groups is 1. The molecule has 76 valence electrons. The molecule has 0 aromatic rings. The van der Waals surface area contributed by atoms with Gasteiger partial charge in [0, 0.05) is 16.6 Å². The average Bonchev–Trinajstić information content (AvgIpc) is 2.43. The van der Waals surface area contributed by atoms with Crippen molar-refractivity contribution in [1.29, 1.82) is 0 Å². The number of aliphatic hydroxyl groups is 1. The summed E-state index contributed by atoms with van der Waals surface area (Å²) in [6.45, 7) is 4.37. The van der Waals surface area contributed by atoms with Gasteiger partial charge >= 0.3 is 0 Å². The van der Waals surface area contributed by atoms with Gasteiger partial charge in [0.05, 0.1) is 12.6 Å². The summed E-state index contributed by atoms with van der Waals surface area (Å²) in [6, 6.07) is 0.456. The zero-order valence-electron chi connectivity index (χ0n) is 7.83. The topological polar surface area (TPSA) is 44.6 Å². The molecule has 1 aliphatic rings. The highest BCUT2D eigenvalue weighted by molar-refractivity contribution is 9.09. The van der Waals surface area contributed by atoms with Crippen molar-refractivity contribution in [3.63, 3.8) is 0 Å². The van der Waals surface area contributed by atoms with E-state index in [4.69, 9.17) is 5.11 Å². The van der Waals surface area contributed by atoms with Crippen LogP contribution in [0.3, 0.4) is 0 Å². The van der Waals surface area contributed by atoms with E-state index in [1.165, 1.54) is 0 Å². The highest BCUT2D eigenvalue weighted by atomic mass is 79.9. The Hall–Kier alpha value is 0.260. The van der Waals surface area contributed by atoms with Crippen LogP contribution >= 0.6 is 27.7 Å². The number of hydrogen-bond donors (Lipinski definition) is 2. The van der Waals surface area contributed by atoms with Crippen molar-refractivity contribution < 1.29 is 5.11 Å². The summed E-state index contributed by atoms with van der Waals surface area (Å²) in [4.78, 5) is 4.27. The Morgan fingerprint density at radius 1 is 1.77 bits per heavy atom. The van der Waals surface area contributed by atoms with E-state index in [0.717, 1.165) is 10.5 Å². The molecule has 3 atom stereocenters. The first-order valence-electron chi connectivity index (χ1n) is 4.35. The van der Waals surface area contributed by atoms with Gasteiger partial charge in [0.2, 0.25) is 0 Å². The van der Waals surface area contributed by atoms with Gasteiger partial charge in [0.1, 0.15) is 0 Å². The van der Waals surface area contributed by atoms with E-state index in [2.05, 4.69) is 33.2 Å². The Bertz CT molecular complexity index is 199. The Labute approximate surface area is 91.5 Å². The number of rotatable bonds is 3. The van der Waals surface area contributed by atoms with Gasteiger partial charge in [-0.25, -0.2) is 0 Å². The molecule has 0 aliphatic carbocycles. The van der Waals surface area contributed by atoms with Crippen molar-refractivity contribution >= 4 is 32.9 Å². The highest BCUT2D eigenvalue weighted by Crippen LogP contribution is 2.24. The zero-order valence-corrected chi connectivity index (χ0v) is 10.2. The summed E-state index contributed by atoms with van der Waals surface area (Å²) in [5.41, 5.74) is 0. The van der Waals surface area contributed by atoms with Gasteiger partial charge in [-0.2, -0.15) is 0 Å². The van der Waals surface area contributed by atoms with Crippen molar-refractivity contribution in [3.05, 3.63) is 0 Å². The van der Waals surface area contributed by atoms with Gasteiger partial charge in [-0.1, -0.05) is 27.7 Å². The molecule has 0 aromatic heterocycles. The van der Waals surface area contributed by atoms with Gasteiger partial charge in [-0.3, -0.25) is 4.99 Å². The second kappa shape index (κ2) is 5.22. The molecule has 0 saturated carbocycles. The number of nitrogens with one attached hydrogen (secondary N) is 1. The van der Waals surface area contributed by atoms with E-state index in [9.17, 15) is 0 Å². The first-order chi connectivity index (χ1) is 6.13.